The van der Waals surface area contributed by atoms with E-state index >= 15 is 0 Å². The van der Waals surface area contributed by atoms with Crippen LogP contribution in [-0.2, 0) is 14.3 Å². The number of hydrogen-bond acceptors (Lipinski definition) is 5. The molecule has 0 aliphatic carbocycles. The minimum Gasteiger partial charge on any atom is -0.490 e. The fraction of sp³-hybridized carbons (Fsp3) is 0.579. The summed E-state index contributed by atoms with van der Waals surface area (Å²) in [7, 11) is 3.77. The minimum atomic E-state index is -0.610. The predicted molar refractivity (Wildman–Crippen MR) is 97.5 cm³/mol. The summed E-state index contributed by atoms with van der Waals surface area (Å²) >= 11 is 0. The third kappa shape index (κ3) is 8.80. The first-order chi connectivity index (χ1) is 12.1. The first-order valence-corrected chi connectivity index (χ1v) is 8.60. The molecule has 0 fully saturated rings. The lowest BCUT2D eigenvalue weighted by Gasteiger charge is -2.26. The average molecular weight is 368 g/mol. The van der Waals surface area contributed by atoms with Crippen LogP contribution < -0.4 is 4.74 Å². The summed E-state index contributed by atoms with van der Waals surface area (Å²) in [6.07, 6.45) is 0.0462. The number of esters is 1. The summed E-state index contributed by atoms with van der Waals surface area (Å²) in [4.78, 5) is 27.9. The molecule has 1 aromatic rings. The van der Waals surface area contributed by atoms with Crippen molar-refractivity contribution in [3.63, 3.8) is 0 Å². The van der Waals surface area contributed by atoms with Gasteiger partial charge in [0.05, 0.1) is 13.0 Å². The monoisotopic (exact) mass is 368 g/mol. The van der Waals surface area contributed by atoms with Crippen molar-refractivity contribution >= 4 is 11.9 Å². The Bertz CT molecular complexity index is 599. The molecular formula is C19H29FN2O4. The first kappa shape index (κ1) is 21.9. The molecule has 1 aromatic carbocycles. The Morgan fingerprint density at radius 1 is 1.12 bits per heavy atom. The number of halogens is 1. The molecule has 0 spiro atoms. The van der Waals surface area contributed by atoms with E-state index in [9.17, 15) is 14.0 Å². The molecule has 0 saturated carbocycles. The van der Waals surface area contributed by atoms with Crippen LogP contribution in [0.5, 0.6) is 5.75 Å². The normalized spacial score (nSPS) is 11.3. The van der Waals surface area contributed by atoms with Crippen LogP contribution in [0, 0.1) is 5.82 Å². The Morgan fingerprint density at radius 2 is 1.77 bits per heavy atom. The van der Waals surface area contributed by atoms with Crippen molar-refractivity contribution in [2.45, 2.75) is 32.8 Å². The number of carbonyl (C=O) groups is 2. The number of benzene rings is 1. The molecule has 0 unspecified atom stereocenters. The Labute approximate surface area is 154 Å². The molecule has 0 atom stereocenters. The van der Waals surface area contributed by atoms with Crippen LogP contribution in [0.1, 0.15) is 27.2 Å². The molecular weight excluding hydrogens is 339 g/mol. The Kier molecular flexibility index (Phi) is 8.51. The summed E-state index contributed by atoms with van der Waals surface area (Å²) in [5.41, 5.74) is -0.610. The quantitative estimate of drug-likeness (QED) is 0.626. The van der Waals surface area contributed by atoms with Crippen molar-refractivity contribution in [1.82, 2.24) is 9.80 Å². The van der Waals surface area contributed by atoms with E-state index in [0.29, 0.717) is 13.1 Å². The fourth-order valence-electron chi connectivity index (χ4n) is 2.11. The van der Waals surface area contributed by atoms with Crippen LogP contribution in [0.25, 0.3) is 0 Å². The Balaban J connectivity index is 2.59. The van der Waals surface area contributed by atoms with Crippen LogP contribution in [-0.4, -0.2) is 67.6 Å². The van der Waals surface area contributed by atoms with Crippen molar-refractivity contribution < 1.29 is 23.5 Å². The number of carbonyl (C=O) groups excluding carboxylic acids is 2. The molecule has 0 aromatic heterocycles. The number of nitrogens with zero attached hydrogens (tertiary/aromatic N) is 2. The van der Waals surface area contributed by atoms with Gasteiger partial charge in [0.25, 0.3) is 0 Å². The van der Waals surface area contributed by atoms with Crippen molar-refractivity contribution in [2.75, 3.05) is 40.3 Å². The summed E-state index contributed by atoms with van der Waals surface area (Å²) in [5.74, 6) is -1.07. The van der Waals surface area contributed by atoms with Gasteiger partial charge in [0.1, 0.15) is 12.1 Å². The molecule has 1 rings (SSSR count). The highest BCUT2D eigenvalue weighted by Gasteiger charge is 2.22. The van der Waals surface area contributed by atoms with Gasteiger partial charge in [0.2, 0.25) is 5.91 Å². The molecule has 146 valence electrons. The molecule has 7 heteroatoms. The molecule has 0 bridgehead atoms. The lowest BCUT2D eigenvalue weighted by atomic mass is 10.2. The zero-order valence-corrected chi connectivity index (χ0v) is 16.3. The average Bonchev–Trinajstić information content (AvgIpc) is 2.51. The number of rotatable bonds is 9. The van der Waals surface area contributed by atoms with Gasteiger partial charge in [0.15, 0.2) is 11.6 Å². The summed E-state index contributed by atoms with van der Waals surface area (Å²) in [6, 6.07) is 6.02. The zero-order chi connectivity index (χ0) is 19.7. The molecule has 0 saturated heterocycles. The Morgan fingerprint density at radius 3 is 2.35 bits per heavy atom. The third-order valence-electron chi connectivity index (χ3n) is 3.32. The summed E-state index contributed by atoms with van der Waals surface area (Å²) in [5, 5.41) is 0. The van der Waals surface area contributed by atoms with Crippen LogP contribution in [0.3, 0.4) is 0 Å². The molecule has 6 nitrogen and oxygen atoms in total. The number of likely N-dealkylation sites (N-methyl/N-ethyl adjacent to an activating group) is 1. The van der Waals surface area contributed by atoms with Gasteiger partial charge in [-0.1, -0.05) is 12.1 Å². The standard InChI is InChI=1S/C19H29FN2O4/c1-19(2,3)26-18(24)14-22(12-11-21(4)5)17(23)10-13-25-16-9-7-6-8-15(16)20/h6-9H,10-14H2,1-5H3. The van der Waals surface area contributed by atoms with E-state index in [-0.39, 0.29) is 31.2 Å². The van der Waals surface area contributed by atoms with Gasteiger partial charge >= 0.3 is 5.97 Å². The van der Waals surface area contributed by atoms with E-state index in [1.807, 2.05) is 19.0 Å². The predicted octanol–water partition coefficient (Wildman–Crippen LogP) is 2.33. The second-order valence-corrected chi connectivity index (χ2v) is 7.23. The number of para-hydroxylation sites is 1. The van der Waals surface area contributed by atoms with E-state index < -0.39 is 17.4 Å². The van der Waals surface area contributed by atoms with Crippen LogP contribution >= 0.6 is 0 Å². The van der Waals surface area contributed by atoms with Gasteiger partial charge in [-0.05, 0) is 47.0 Å². The fourth-order valence-corrected chi connectivity index (χ4v) is 2.11. The number of amides is 1. The lowest BCUT2D eigenvalue weighted by Crippen LogP contribution is -2.42. The molecule has 0 aliphatic rings. The molecule has 0 heterocycles. The SMILES string of the molecule is CN(C)CCN(CC(=O)OC(C)(C)C)C(=O)CCOc1ccccc1F. The smallest absolute Gasteiger partial charge is 0.326 e. The van der Waals surface area contributed by atoms with Crippen LogP contribution in [0.15, 0.2) is 24.3 Å². The van der Waals surface area contributed by atoms with E-state index in [1.54, 1.807) is 32.9 Å². The van der Waals surface area contributed by atoms with E-state index in [2.05, 4.69) is 0 Å². The maximum atomic E-state index is 13.5. The second-order valence-electron chi connectivity index (χ2n) is 7.23. The number of hydrogen-bond donors (Lipinski definition) is 0. The van der Waals surface area contributed by atoms with Crippen molar-refractivity contribution in [2.24, 2.45) is 0 Å². The minimum absolute atomic E-state index is 0.0343. The van der Waals surface area contributed by atoms with Gasteiger partial charge < -0.3 is 19.3 Å². The molecule has 0 aliphatic heterocycles. The van der Waals surface area contributed by atoms with E-state index in [4.69, 9.17) is 9.47 Å². The maximum Gasteiger partial charge on any atom is 0.326 e. The van der Waals surface area contributed by atoms with Gasteiger partial charge in [-0.25, -0.2) is 4.39 Å². The van der Waals surface area contributed by atoms with Crippen molar-refractivity contribution in [3.8, 4) is 5.75 Å². The van der Waals surface area contributed by atoms with Gasteiger partial charge in [-0.15, -0.1) is 0 Å². The van der Waals surface area contributed by atoms with Crippen LogP contribution in [0.4, 0.5) is 4.39 Å². The van der Waals surface area contributed by atoms with Crippen molar-refractivity contribution in [3.05, 3.63) is 30.1 Å². The maximum absolute atomic E-state index is 13.5. The third-order valence-corrected chi connectivity index (χ3v) is 3.32. The van der Waals surface area contributed by atoms with Crippen LogP contribution in [0.2, 0.25) is 0 Å². The highest BCUT2D eigenvalue weighted by Crippen LogP contribution is 2.15. The zero-order valence-electron chi connectivity index (χ0n) is 16.3. The van der Waals surface area contributed by atoms with Gasteiger partial charge in [0, 0.05) is 13.1 Å². The summed E-state index contributed by atoms with van der Waals surface area (Å²) in [6.45, 7) is 6.25. The van der Waals surface area contributed by atoms with Gasteiger partial charge in [-0.3, -0.25) is 9.59 Å². The molecule has 26 heavy (non-hydrogen) atoms. The second kappa shape index (κ2) is 10.1. The highest BCUT2D eigenvalue weighted by atomic mass is 19.1. The van der Waals surface area contributed by atoms with E-state index in [1.165, 1.54) is 17.0 Å². The lowest BCUT2D eigenvalue weighted by molar-refractivity contribution is -0.159. The van der Waals surface area contributed by atoms with E-state index in [0.717, 1.165) is 0 Å². The van der Waals surface area contributed by atoms with Gasteiger partial charge in [-0.2, -0.15) is 0 Å². The topological polar surface area (TPSA) is 59.1 Å². The number of ether oxygens (including phenoxy) is 2. The Hall–Kier alpha value is -2.15. The highest BCUT2D eigenvalue weighted by molar-refractivity contribution is 5.82. The summed E-state index contributed by atoms with van der Waals surface area (Å²) < 4.78 is 24.1. The largest absolute Gasteiger partial charge is 0.490 e. The first-order valence-electron chi connectivity index (χ1n) is 8.60. The molecule has 0 radical (unpaired) electrons. The molecule has 1 amide bonds. The molecule has 0 N–H and O–H groups in total. The van der Waals surface area contributed by atoms with Crippen molar-refractivity contribution in [1.29, 1.82) is 0 Å².